The predicted octanol–water partition coefficient (Wildman–Crippen LogP) is 3.54. The molecule has 0 aliphatic carbocycles. The van der Waals surface area contributed by atoms with Crippen molar-refractivity contribution in [2.75, 3.05) is 14.2 Å². The van der Waals surface area contributed by atoms with Crippen LogP contribution in [0.5, 0.6) is 11.5 Å². The summed E-state index contributed by atoms with van der Waals surface area (Å²) < 4.78 is 12.9. The molecule has 0 aliphatic rings. The Morgan fingerprint density at radius 3 is 2.29 bits per heavy atom. The number of rotatable bonds is 6. The van der Waals surface area contributed by atoms with Crippen molar-refractivity contribution in [3.63, 3.8) is 0 Å². The second-order valence-corrected chi connectivity index (χ2v) is 5.01. The van der Waals surface area contributed by atoms with E-state index in [0.717, 1.165) is 40.3 Å². The molecule has 0 saturated carbocycles. The van der Waals surface area contributed by atoms with Crippen LogP contribution in [0.25, 0.3) is 5.57 Å². The molecular formula is C17H22N2O2. The molecule has 112 valence electrons. The molecule has 1 aromatic heterocycles. The summed E-state index contributed by atoms with van der Waals surface area (Å²) in [6.07, 6.45) is 2.93. The van der Waals surface area contributed by atoms with Crippen molar-refractivity contribution < 1.29 is 9.47 Å². The number of allylic oxidation sites excluding steroid dienone is 1. The van der Waals surface area contributed by atoms with Crippen LogP contribution in [0, 0.1) is 0 Å². The third-order valence-electron chi connectivity index (χ3n) is 3.40. The van der Waals surface area contributed by atoms with Crippen molar-refractivity contribution >= 4 is 5.57 Å². The Bertz CT molecular complexity index is 619. The quantitative estimate of drug-likeness (QED) is 0.815. The van der Waals surface area contributed by atoms with Crippen LogP contribution < -0.4 is 9.47 Å². The van der Waals surface area contributed by atoms with Crippen molar-refractivity contribution in [3.8, 4) is 11.5 Å². The monoisotopic (exact) mass is 286 g/mol. The summed E-state index contributed by atoms with van der Waals surface area (Å²) in [7, 11) is 3.32. The minimum Gasteiger partial charge on any atom is -0.496 e. The van der Waals surface area contributed by atoms with Gasteiger partial charge in [-0.3, -0.25) is 4.68 Å². The summed E-state index contributed by atoms with van der Waals surface area (Å²) in [5, 5.41) is 4.51. The average molecular weight is 286 g/mol. The Morgan fingerprint density at radius 1 is 1.24 bits per heavy atom. The number of ether oxygens (including phenoxy) is 2. The van der Waals surface area contributed by atoms with E-state index in [1.165, 1.54) is 0 Å². The zero-order valence-electron chi connectivity index (χ0n) is 13.1. The topological polar surface area (TPSA) is 36.3 Å². The second-order valence-electron chi connectivity index (χ2n) is 5.01. The zero-order chi connectivity index (χ0) is 15.4. The van der Waals surface area contributed by atoms with Gasteiger partial charge in [0.15, 0.2) is 0 Å². The first kappa shape index (κ1) is 15.2. The van der Waals surface area contributed by atoms with Crippen LogP contribution >= 0.6 is 0 Å². The molecule has 0 bridgehead atoms. The van der Waals surface area contributed by atoms with Gasteiger partial charge >= 0.3 is 0 Å². The number of hydrogen-bond acceptors (Lipinski definition) is 3. The highest BCUT2D eigenvalue weighted by Crippen LogP contribution is 2.35. The van der Waals surface area contributed by atoms with Crippen LogP contribution in [-0.2, 0) is 13.0 Å². The number of benzene rings is 1. The van der Waals surface area contributed by atoms with Crippen molar-refractivity contribution in [2.45, 2.75) is 26.8 Å². The highest BCUT2D eigenvalue weighted by atomic mass is 16.5. The van der Waals surface area contributed by atoms with Crippen LogP contribution in [-0.4, -0.2) is 24.0 Å². The number of methoxy groups -OCH3 is 2. The largest absolute Gasteiger partial charge is 0.496 e. The maximum absolute atomic E-state index is 5.48. The Kier molecular flexibility index (Phi) is 4.68. The van der Waals surface area contributed by atoms with E-state index in [9.17, 15) is 0 Å². The second kappa shape index (κ2) is 6.48. The molecule has 2 aromatic rings. The molecule has 1 heterocycles. The first-order chi connectivity index (χ1) is 10.1. The minimum absolute atomic E-state index is 0.684. The van der Waals surface area contributed by atoms with Gasteiger partial charge in [-0.25, -0.2) is 0 Å². The molecule has 0 spiro atoms. The van der Waals surface area contributed by atoms with E-state index in [2.05, 4.69) is 18.6 Å². The van der Waals surface area contributed by atoms with E-state index in [1.807, 2.05) is 36.0 Å². The summed E-state index contributed by atoms with van der Waals surface area (Å²) >= 11 is 0. The molecule has 0 saturated heterocycles. The Morgan fingerprint density at radius 2 is 1.86 bits per heavy atom. The van der Waals surface area contributed by atoms with Gasteiger partial charge in [-0.1, -0.05) is 13.5 Å². The van der Waals surface area contributed by atoms with Gasteiger partial charge < -0.3 is 9.47 Å². The molecule has 1 aromatic carbocycles. The molecule has 0 amide bonds. The molecule has 0 radical (unpaired) electrons. The smallest absolute Gasteiger partial charge is 0.130 e. The van der Waals surface area contributed by atoms with Gasteiger partial charge in [0, 0.05) is 6.20 Å². The lowest BCUT2D eigenvalue weighted by molar-refractivity contribution is 0.390. The summed E-state index contributed by atoms with van der Waals surface area (Å²) in [5.41, 5.74) is 4.01. The van der Waals surface area contributed by atoms with Crippen molar-refractivity contribution in [1.82, 2.24) is 9.78 Å². The summed E-state index contributed by atoms with van der Waals surface area (Å²) in [5.74, 6) is 1.56. The third kappa shape index (κ3) is 3.27. The molecule has 2 rings (SSSR count). The number of aromatic nitrogens is 2. The summed E-state index contributed by atoms with van der Waals surface area (Å²) in [6.45, 7) is 8.72. The molecule has 21 heavy (non-hydrogen) atoms. The van der Waals surface area contributed by atoms with E-state index < -0.39 is 0 Å². The van der Waals surface area contributed by atoms with Crippen LogP contribution in [0.2, 0.25) is 0 Å². The Labute approximate surface area is 126 Å². The summed E-state index contributed by atoms with van der Waals surface area (Å²) in [4.78, 5) is 0. The van der Waals surface area contributed by atoms with Gasteiger partial charge in [0.05, 0.1) is 32.0 Å². The minimum atomic E-state index is 0.684. The van der Waals surface area contributed by atoms with E-state index in [-0.39, 0.29) is 0 Å². The first-order valence-electron chi connectivity index (χ1n) is 7.02. The standard InChI is InChI=1S/C17H22N2O2/c1-6-14-7-8-19(18-14)11-13-9-15(20-4)17(12(2)3)16(10-13)21-5/h7-10H,2,6,11H2,1,3-5H3. The van der Waals surface area contributed by atoms with E-state index in [1.54, 1.807) is 14.2 Å². The molecule has 0 aliphatic heterocycles. The van der Waals surface area contributed by atoms with Crippen LogP contribution in [0.3, 0.4) is 0 Å². The lowest BCUT2D eigenvalue weighted by Gasteiger charge is -2.15. The molecule has 0 N–H and O–H groups in total. The van der Waals surface area contributed by atoms with E-state index in [0.29, 0.717) is 6.54 Å². The molecular weight excluding hydrogens is 264 g/mol. The van der Waals surface area contributed by atoms with Crippen molar-refractivity contribution in [3.05, 3.63) is 47.8 Å². The fourth-order valence-electron chi connectivity index (χ4n) is 2.35. The van der Waals surface area contributed by atoms with Gasteiger partial charge in [-0.2, -0.15) is 5.10 Å². The SMILES string of the molecule is C=C(C)c1c(OC)cc(Cn2ccc(CC)n2)cc1OC. The fraction of sp³-hybridized carbons (Fsp3) is 0.353. The Balaban J connectivity index is 2.38. The van der Waals surface area contributed by atoms with Crippen molar-refractivity contribution in [1.29, 1.82) is 0 Å². The molecule has 4 nitrogen and oxygen atoms in total. The number of nitrogens with zero attached hydrogens (tertiary/aromatic N) is 2. The third-order valence-corrected chi connectivity index (χ3v) is 3.40. The fourth-order valence-corrected chi connectivity index (χ4v) is 2.35. The highest BCUT2D eigenvalue weighted by molar-refractivity contribution is 5.73. The molecule has 0 atom stereocenters. The van der Waals surface area contributed by atoms with Gasteiger partial charge in [0.2, 0.25) is 0 Å². The van der Waals surface area contributed by atoms with Gasteiger partial charge in [-0.05, 0) is 42.7 Å². The average Bonchev–Trinajstić information content (AvgIpc) is 2.93. The lowest BCUT2D eigenvalue weighted by atomic mass is 10.0. The zero-order valence-corrected chi connectivity index (χ0v) is 13.1. The highest BCUT2D eigenvalue weighted by Gasteiger charge is 2.13. The molecule has 0 fully saturated rings. The van der Waals surface area contributed by atoms with Crippen molar-refractivity contribution in [2.24, 2.45) is 0 Å². The maximum atomic E-state index is 5.48. The predicted molar refractivity (Wildman–Crippen MR) is 85.0 cm³/mol. The molecule has 4 heteroatoms. The maximum Gasteiger partial charge on any atom is 0.130 e. The number of aryl methyl sites for hydroxylation is 1. The summed E-state index contributed by atoms with van der Waals surface area (Å²) in [6, 6.07) is 6.07. The van der Waals surface area contributed by atoms with E-state index >= 15 is 0 Å². The van der Waals surface area contributed by atoms with Gasteiger partial charge in [0.25, 0.3) is 0 Å². The van der Waals surface area contributed by atoms with Crippen LogP contribution in [0.4, 0.5) is 0 Å². The lowest BCUT2D eigenvalue weighted by Crippen LogP contribution is -2.03. The van der Waals surface area contributed by atoms with E-state index in [4.69, 9.17) is 9.47 Å². The Hall–Kier alpha value is -2.23. The first-order valence-corrected chi connectivity index (χ1v) is 7.02. The van der Waals surface area contributed by atoms with Crippen LogP contribution in [0.1, 0.15) is 30.7 Å². The van der Waals surface area contributed by atoms with Gasteiger partial charge in [0.1, 0.15) is 11.5 Å². The van der Waals surface area contributed by atoms with Crippen LogP contribution in [0.15, 0.2) is 31.0 Å². The molecule has 0 unspecified atom stereocenters. The normalized spacial score (nSPS) is 10.5. The number of hydrogen-bond donors (Lipinski definition) is 0. The van der Waals surface area contributed by atoms with Gasteiger partial charge in [-0.15, -0.1) is 0 Å².